The van der Waals surface area contributed by atoms with Crippen LogP contribution in [0.5, 0.6) is 17.5 Å². The fraction of sp³-hybridized carbons (Fsp3) is 0.250. The zero-order valence-electron chi connectivity index (χ0n) is 18.1. The summed E-state index contributed by atoms with van der Waals surface area (Å²) in [6.45, 7) is 1.55. The van der Waals surface area contributed by atoms with Gasteiger partial charge < -0.3 is 23.9 Å². The van der Waals surface area contributed by atoms with Crippen molar-refractivity contribution < 1.29 is 18.6 Å². The Morgan fingerprint density at radius 2 is 2.15 bits per heavy atom. The number of hydrogen-bond donors (Lipinski definition) is 1. The smallest absolute Gasteiger partial charge is 0.351 e. The van der Waals surface area contributed by atoms with Gasteiger partial charge >= 0.3 is 5.69 Å². The van der Waals surface area contributed by atoms with Crippen LogP contribution in [0.25, 0.3) is 11.3 Å². The Hall–Kier alpha value is -4.34. The number of nitrogens with one attached hydrogen (secondary N) is 1. The highest BCUT2D eigenvalue weighted by Crippen LogP contribution is 2.32. The van der Waals surface area contributed by atoms with Gasteiger partial charge in [0.15, 0.2) is 11.9 Å². The van der Waals surface area contributed by atoms with Crippen LogP contribution in [0.3, 0.4) is 0 Å². The summed E-state index contributed by atoms with van der Waals surface area (Å²) in [7, 11) is 0. The van der Waals surface area contributed by atoms with E-state index >= 15 is 0 Å². The lowest BCUT2D eigenvalue weighted by atomic mass is 9.97. The van der Waals surface area contributed by atoms with E-state index in [-0.39, 0.29) is 24.3 Å². The van der Waals surface area contributed by atoms with Crippen molar-refractivity contribution in [3.8, 4) is 28.8 Å². The number of oxazole rings is 1. The highest BCUT2D eigenvalue weighted by atomic mass is 16.6. The summed E-state index contributed by atoms with van der Waals surface area (Å²) in [6.07, 6.45) is 5.23. The van der Waals surface area contributed by atoms with Gasteiger partial charge in [0.1, 0.15) is 19.5 Å². The average Bonchev–Trinajstić information content (AvgIpc) is 3.39. The third kappa shape index (κ3) is 3.94. The van der Waals surface area contributed by atoms with Gasteiger partial charge in [-0.25, -0.2) is 14.8 Å². The van der Waals surface area contributed by atoms with Gasteiger partial charge in [-0.1, -0.05) is 6.07 Å². The van der Waals surface area contributed by atoms with E-state index in [4.69, 9.17) is 18.6 Å². The lowest BCUT2D eigenvalue weighted by molar-refractivity contribution is 0.0486. The molecule has 34 heavy (non-hydrogen) atoms. The van der Waals surface area contributed by atoms with E-state index in [0.717, 1.165) is 28.9 Å². The molecule has 4 aromatic rings. The lowest BCUT2D eigenvalue weighted by Crippen LogP contribution is -2.35. The lowest BCUT2D eigenvalue weighted by Gasteiger charge is -2.26. The molecule has 0 radical (unpaired) electrons. The number of pyridine rings is 1. The van der Waals surface area contributed by atoms with Crippen LogP contribution in [0.1, 0.15) is 11.5 Å². The van der Waals surface area contributed by atoms with Crippen LogP contribution in [-0.4, -0.2) is 38.8 Å². The van der Waals surface area contributed by atoms with E-state index in [9.17, 15) is 4.79 Å². The number of anilines is 1. The largest absolute Gasteiger partial charge is 0.478 e. The molecule has 2 aliphatic heterocycles. The molecule has 0 amide bonds. The minimum absolute atomic E-state index is 0.195. The van der Waals surface area contributed by atoms with E-state index in [1.54, 1.807) is 41.4 Å². The van der Waals surface area contributed by atoms with Crippen LogP contribution in [0.2, 0.25) is 0 Å². The Morgan fingerprint density at radius 3 is 3.06 bits per heavy atom. The second-order valence-electron chi connectivity index (χ2n) is 7.98. The Labute approximate surface area is 194 Å². The molecule has 10 heteroatoms. The maximum absolute atomic E-state index is 12.7. The first-order valence-corrected chi connectivity index (χ1v) is 11.0. The predicted octanol–water partition coefficient (Wildman–Crippen LogP) is 2.68. The van der Waals surface area contributed by atoms with Crippen molar-refractivity contribution >= 4 is 5.69 Å². The van der Waals surface area contributed by atoms with Crippen molar-refractivity contribution in [2.45, 2.75) is 25.6 Å². The number of hydrogen-bond acceptors (Lipinski definition) is 9. The van der Waals surface area contributed by atoms with Crippen molar-refractivity contribution in [2.24, 2.45) is 0 Å². The van der Waals surface area contributed by atoms with E-state index in [1.807, 2.05) is 12.1 Å². The van der Waals surface area contributed by atoms with Crippen molar-refractivity contribution in [1.82, 2.24) is 19.5 Å². The quantitative estimate of drug-likeness (QED) is 0.465. The number of benzene rings is 1. The van der Waals surface area contributed by atoms with Crippen LogP contribution in [0, 0.1) is 0 Å². The molecular formula is C24H21N5O5. The van der Waals surface area contributed by atoms with Crippen LogP contribution in [0.15, 0.2) is 64.3 Å². The van der Waals surface area contributed by atoms with E-state index in [2.05, 4.69) is 26.3 Å². The third-order valence-electron chi connectivity index (χ3n) is 5.75. The Morgan fingerprint density at radius 1 is 1.18 bits per heavy atom. The van der Waals surface area contributed by atoms with E-state index in [1.165, 1.54) is 0 Å². The molecule has 0 fully saturated rings. The molecule has 3 aromatic heterocycles. The van der Waals surface area contributed by atoms with E-state index in [0.29, 0.717) is 37.2 Å². The monoisotopic (exact) mass is 459 g/mol. The van der Waals surface area contributed by atoms with Crippen LogP contribution in [-0.2, 0) is 19.5 Å². The molecule has 1 atom stereocenters. The summed E-state index contributed by atoms with van der Waals surface area (Å²) >= 11 is 0. The Kier molecular flexibility index (Phi) is 5.10. The van der Waals surface area contributed by atoms with Gasteiger partial charge in [0.2, 0.25) is 11.8 Å². The topological polar surface area (TPSA) is 114 Å². The van der Waals surface area contributed by atoms with Crippen molar-refractivity contribution in [2.75, 3.05) is 18.5 Å². The van der Waals surface area contributed by atoms with Crippen molar-refractivity contribution in [3.05, 3.63) is 77.0 Å². The van der Waals surface area contributed by atoms with Gasteiger partial charge in [0.25, 0.3) is 5.88 Å². The first-order chi connectivity index (χ1) is 16.7. The summed E-state index contributed by atoms with van der Waals surface area (Å²) < 4.78 is 24.3. The highest BCUT2D eigenvalue weighted by molar-refractivity contribution is 5.69. The first-order valence-electron chi connectivity index (χ1n) is 11.0. The van der Waals surface area contributed by atoms with Gasteiger partial charge in [-0.05, 0) is 36.2 Å². The zero-order valence-corrected chi connectivity index (χ0v) is 18.1. The molecule has 6 rings (SSSR count). The molecule has 0 saturated heterocycles. The zero-order chi connectivity index (χ0) is 22.9. The maximum Gasteiger partial charge on any atom is 0.351 e. The van der Waals surface area contributed by atoms with Gasteiger partial charge in [-0.3, -0.25) is 4.57 Å². The van der Waals surface area contributed by atoms with Crippen molar-refractivity contribution in [1.29, 1.82) is 0 Å². The number of ether oxygens (including phenoxy) is 3. The molecule has 0 aliphatic carbocycles. The Bertz CT molecular complexity index is 1390. The summed E-state index contributed by atoms with van der Waals surface area (Å²) in [5.74, 6) is 1.92. The molecule has 0 spiro atoms. The van der Waals surface area contributed by atoms with Gasteiger partial charge in [-0.2, -0.15) is 4.98 Å². The second-order valence-corrected chi connectivity index (χ2v) is 7.98. The standard InChI is InChI=1S/C24H21N5O5/c30-24-28-21(32-13-17-14-33-23-20(34-17)2-1-6-26-23)11-19-18-4-3-16(10-15(18)5-8-29(19)24)27-12-22-25-7-9-31-22/h1-4,6-7,9-11,17,27H,5,8,12-14H2. The molecule has 10 nitrogen and oxygen atoms in total. The molecular weight excluding hydrogens is 438 g/mol. The van der Waals surface area contributed by atoms with Crippen LogP contribution >= 0.6 is 0 Å². The summed E-state index contributed by atoms with van der Waals surface area (Å²) in [4.78, 5) is 25.0. The number of rotatable bonds is 6. The normalized spacial score (nSPS) is 15.8. The average molecular weight is 459 g/mol. The summed E-state index contributed by atoms with van der Waals surface area (Å²) in [6, 6.07) is 11.4. The minimum Gasteiger partial charge on any atom is -0.478 e. The number of aryl methyl sites for hydroxylation is 1. The summed E-state index contributed by atoms with van der Waals surface area (Å²) in [5.41, 5.74) is 3.53. The molecule has 1 unspecified atom stereocenters. The minimum atomic E-state index is -0.334. The molecule has 0 saturated carbocycles. The molecule has 0 bridgehead atoms. The number of nitrogens with zero attached hydrogens (tertiary/aromatic N) is 4. The van der Waals surface area contributed by atoms with Crippen LogP contribution < -0.4 is 25.2 Å². The molecule has 5 heterocycles. The van der Waals surface area contributed by atoms with Crippen molar-refractivity contribution in [3.63, 3.8) is 0 Å². The number of fused-ring (bicyclic) bond motifs is 4. The molecule has 2 aliphatic rings. The maximum atomic E-state index is 12.7. The SMILES string of the molecule is O=c1nc(OCC2COc3ncccc3O2)cc2n1CCc1cc(NCc3ncco3)ccc1-2. The van der Waals surface area contributed by atoms with Gasteiger partial charge in [0.05, 0.1) is 18.4 Å². The van der Waals surface area contributed by atoms with Gasteiger partial charge in [0, 0.05) is 30.1 Å². The molecule has 172 valence electrons. The molecule has 1 aromatic carbocycles. The van der Waals surface area contributed by atoms with Crippen LogP contribution in [0.4, 0.5) is 5.69 Å². The Balaban J connectivity index is 1.19. The second kappa shape index (κ2) is 8.54. The van der Waals surface area contributed by atoms with E-state index < -0.39 is 0 Å². The highest BCUT2D eigenvalue weighted by Gasteiger charge is 2.24. The predicted molar refractivity (Wildman–Crippen MR) is 121 cm³/mol. The fourth-order valence-corrected chi connectivity index (χ4v) is 4.13. The first kappa shape index (κ1) is 20.3. The molecule has 1 N–H and O–H groups in total. The third-order valence-corrected chi connectivity index (χ3v) is 5.75. The summed E-state index contributed by atoms with van der Waals surface area (Å²) in [5, 5.41) is 3.32. The fourth-order valence-electron chi connectivity index (χ4n) is 4.13. The number of aromatic nitrogens is 4. The van der Waals surface area contributed by atoms with Gasteiger partial charge in [-0.15, -0.1) is 0 Å².